The predicted octanol–water partition coefficient (Wildman–Crippen LogP) is 2.48. The minimum atomic E-state index is 0.805. The monoisotopic (exact) mass is 384 g/mol. The van der Waals surface area contributed by atoms with Gasteiger partial charge >= 0.3 is 0 Å². The van der Waals surface area contributed by atoms with E-state index in [4.69, 9.17) is 4.74 Å². The van der Waals surface area contributed by atoms with Crippen LogP contribution in [0, 0.1) is 6.92 Å². The first-order valence-corrected chi connectivity index (χ1v) is 9.94. The lowest BCUT2D eigenvalue weighted by molar-refractivity contribution is 0.405. The molecule has 7 heteroatoms. The average molecular weight is 385 g/mol. The summed E-state index contributed by atoms with van der Waals surface area (Å²) >= 11 is 0. The number of benzene rings is 1. The average Bonchev–Trinajstić information content (AvgIpc) is 2.71. The number of aromatic nitrogens is 2. The maximum absolute atomic E-state index is 5.52. The molecule has 0 spiro atoms. The number of hydrogen-bond acceptors (Lipinski definition) is 7. The Morgan fingerprint density at radius 2 is 1.79 bits per heavy atom. The largest absolute Gasteiger partial charge is 0.495 e. The van der Waals surface area contributed by atoms with Gasteiger partial charge < -0.3 is 24.8 Å². The highest BCUT2D eigenvalue weighted by Crippen LogP contribution is 2.29. The van der Waals surface area contributed by atoms with Crippen molar-refractivity contribution in [1.29, 1.82) is 0 Å². The van der Waals surface area contributed by atoms with E-state index in [2.05, 4.69) is 62.3 Å². The molecule has 2 aromatic rings. The van der Waals surface area contributed by atoms with Gasteiger partial charge in [0.2, 0.25) is 0 Å². The minimum absolute atomic E-state index is 0.805. The highest BCUT2D eigenvalue weighted by atomic mass is 16.5. The van der Waals surface area contributed by atoms with Crippen LogP contribution in [0.5, 0.6) is 5.75 Å². The number of nitrogens with one attached hydrogen (secondary N) is 1. The zero-order chi connectivity index (χ0) is 19.9. The van der Waals surface area contributed by atoms with E-state index in [1.807, 2.05) is 19.1 Å². The van der Waals surface area contributed by atoms with Crippen molar-refractivity contribution in [2.24, 2.45) is 0 Å². The summed E-state index contributed by atoms with van der Waals surface area (Å²) in [6.07, 6.45) is 1.09. The molecule has 1 aromatic carbocycles. The Kier molecular flexibility index (Phi) is 6.92. The van der Waals surface area contributed by atoms with Crippen molar-refractivity contribution < 1.29 is 4.74 Å². The smallest absolute Gasteiger partial charge is 0.142 e. The summed E-state index contributed by atoms with van der Waals surface area (Å²) in [5, 5.41) is 3.44. The molecule has 0 atom stereocenters. The molecule has 3 rings (SSSR count). The van der Waals surface area contributed by atoms with Gasteiger partial charge in [-0.15, -0.1) is 0 Å². The lowest BCUT2D eigenvalue weighted by atomic mass is 10.2. The number of ether oxygens (including phenoxy) is 1. The first-order valence-electron chi connectivity index (χ1n) is 9.94. The molecular weight excluding hydrogens is 352 g/mol. The van der Waals surface area contributed by atoms with Gasteiger partial charge in [0.15, 0.2) is 0 Å². The van der Waals surface area contributed by atoms with Gasteiger partial charge in [0.25, 0.3) is 0 Å². The molecule has 0 amide bonds. The SMILES string of the molecule is COc1ccccc1N1CCN(c2cc(NCCCN(C)C)nc(C)n2)CC1. The third-order valence-electron chi connectivity index (χ3n) is 4.94. The molecule has 1 aliphatic heterocycles. The second-order valence-electron chi connectivity index (χ2n) is 7.39. The number of hydrogen-bond donors (Lipinski definition) is 1. The summed E-state index contributed by atoms with van der Waals surface area (Å²) < 4.78 is 5.52. The Morgan fingerprint density at radius 3 is 2.50 bits per heavy atom. The van der Waals surface area contributed by atoms with E-state index < -0.39 is 0 Å². The molecule has 1 aliphatic rings. The van der Waals surface area contributed by atoms with E-state index >= 15 is 0 Å². The number of piperazine rings is 1. The number of anilines is 3. The van der Waals surface area contributed by atoms with Crippen molar-refractivity contribution >= 4 is 17.3 Å². The molecule has 2 heterocycles. The molecule has 1 saturated heterocycles. The van der Waals surface area contributed by atoms with Crippen molar-refractivity contribution in [1.82, 2.24) is 14.9 Å². The Bertz CT molecular complexity index is 758. The highest BCUT2D eigenvalue weighted by Gasteiger charge is 2.21. The topological polar surface area (TPSA) is 56.8 Å². The van der Waals surface area contributed by atoms with Crippen molar-refractivity contribution in [3.8, 4) is 5.75 Å². The fourth-order valence-corrected chi connectivity index (χ4v) is 3.48. The minimum Gasteiger partial charge on any atom is -0.495 e. The molecule has 1 aromatic heterocycles. The van der Waals surface area contributed by atoms with Crippen LogP contribution in [0.1, 0.15) is 12.2 Å². The van der Waals surface area contributed by atoms with E-state index in [9.17, 15) is 0 Å². The number of methoxy groups -OCH3 is 1. The molecule has 1 N–H and O–H groups in total. The van der Waals surface area contributed by atoms with Gasteiger partial charge in [-0.25, -0.2) is 9.97 Å². The molecule has 0 aliphatic carbocycles. The van der Waals surface area contributed by atoms with Gasteiger partial charge in [-0.1, -0.05) is 12.1 Å². The molecule has 1 fully saturated rings. The van der Waals surface area contributed by atoms with Gasteiger partial charge in [-0.05, 0) is 46.1 Å². The Balaban J connectivity index is 1.60. The number of aryl methyl sites for hydroxylation is 1. The predicted molar refractivity (Wildman–Crippen MR) is 116 cm³/mol. The first-order chi connectivity index (χ1) is 13.6. The summed E-state index contributed by atoms with van der Waals surface area (Å²) in [6, 6.07) is 10.3. The van der Waals surface area contributed by atoms with E-state index in [1.54, 1.807) is 7.11 Å². The summed E-state index contributed by atoms with van der Waals surface area (Å²) in [4.78, 5) is 16.1. The second kappa shape index (κ2) is 9.59. The number of rotatable bonds is 8. The molecule has 152 valence electrons. The number of para-hydroxylation sites is 2. The lowest BCUT2D eigenvalue weighted by Crippen LogP contribution is -2.47. The van der Waals surface area contributed by atoms with E-state index in [1.165, 1.54) is 0 Å². The van der Waals surface area contributed by atoms with E-state index in [-0.39, 0.29) is 0 Å². The van der Waals surface area contributed by atoms with E-state index in [0.717, 1.165) is 74.6 Å². The maximum Gasteiger partial charge on any atom is 0.142 e. The molecule has 0 bridgehead atoms. The van der Waals surface area contributed by atoms with Crippen molar-refractivity contribution in [2.45, 2.75) is 13.3 Å². The summed E-state index contributed by atoms with van der Waals surface area (Å²) in [7, 11) is 5.92. The van der Waals surface area contributed by atoms with Crippen molar-refractivity contribution in [3.05, 3.63) is 36.2 Å². The summed E-state index contributed by atoms with van der Waals surface area (Å²) in [5.41, 5.74) is 1.16. The van der Waals surface area contributed by atoms with Crippen LogP contribution in [0.2, 0.25) is 0 Å². The molecule has 0 radical (unpaired) electrons. The van der Waals surface area contributed by atoms with Crippen LogP contribution in [-0.2, 0) is 0 Å². The first kappa shape index (κ1) is 20.2. The van der Waals surface area contributed by atoms with Crippen molar-refractivity contribution in [2.75, 3.05) is 75.6 Å². The van der Waals surface area contributed by atoms with Gasteiger partial charge in [-0.2, -0.15) is 0 Å². The van der Waals surface area contributed by atoms with Gasteiger partial charge in [-0.3, -0.25) is 0 Å². The molecule has 0 unspecified atom stereocenters. The maximum atomic E-state index is 5.52. The van der Waals surface area contributed by atoms with Gasteiger partial charge in [0, 0.05) is 38.8 Å². The molecule has 0 saturated carbocycles. The molecule has 7 nitrogen and oxygen atoms in total. The zero-order valence-electron chi connectivity index (χ0n) is 17.5. The van der Waals surface area contributed by atoms with Crippen LogP contribution in [0.4, 0.5) is 17.3 Å². The van der Waals surface area contributed by atoms with E-state index in [0.29, 0.717) is 0 Å². The van der Waals surface area contributed by atoms with Gasteiger partial charge in [0.1, 0.15) is 23.2 Å². The Hall–Kier alpha value is -2.54. The second-order valence-corrected chi connectivity index (χ2v) is 7.39. The number of nitrogens with zero attached hydrogens (tertiary/aromatic N) is 5. The Morgan fingerprint density at radius 1 is 1.07 bits per heavy atom. The standard InChI is InChI=1S/C21H32N6O/c1-17-23-20(22-10-7-11-25(2)3)16-21(24-17)27-14-12-26(13-15-27)18-8-5-6-9-19(18)28-4/h5-6,8-9,16H,7,10-15H2,1-4H3,(H,22,23,24). The van der Waals surface area contributed by atoms with Crippen LogP contribution in [0.15, 0.2) is 30.3 Å². The van der Waals surface area contributed by atoms with Crippen LogP contribution < -0.4 is 19.9 Å². The van der Waals surface area contributed by atoms with Crippen molar-refractivity contribution in [3.63, 3.8) is 0 Å². The van der Waals surface area contributed by atoms with Crippen LogP contribution >= 0.6 is 0 Å². The van der Waals surface area contributed by atoms with Crippen LogP contribution in [-0.4, -0.2) is 75.3 Å². The normalized spacial score (nSPS) is 14.5. The Labute approximate surface area is 168 Å². The zero-order valence-corrected chi connectivity index (χ0v) is 17.5. The fourth-order valence-electron chi connectivity index (χ4n) is 3.48. The highest BCUT2D eigenvalue weighted by molar-refractivity contribution is 5.60. The van der Waals surface area contributed by atoms with Crippen LogP contribution in [0.3, 0.4) is 0 Å². The quantitative estimate of drug-likeness (QED) is 0.702. The lowest BCUT2D eigenvalue weighted by Gasteiger charge is -2.37. The third-order valence-corrected chi connectivity index (χ3v) is 4.94. The summed E-state index contributed by atoms with van der Waals surface area (Å²) in [5.74, 6) is 3.65. The molecular formula is C21H32N6O. The fraction of sp³-hybridized carbons (Fsp3) is 0.524. The molecule has 28 heavy (non-hydrogen) atoms. The summed E-state index contributed by atoms with van der Waals surface area (Å²) in [6.45, 7) is 7.66. The van der Waals surface area contributed by atoms with Crippen LogP contribution in [0.25, 0.3) is 0 Å². The third kappa shape index (κ3) is 5.25. The van der Waals surface area contributed by atoms with Gasteiger partial charge in [0.05, 0.1) is 12.8 Å².